The van der Waals surface area contributed by atoms with E-state index in [0.717, 1.165) is 12.8 Å². The number of hydrogen-bond acceptors (Lipinski definition) is 3. The van der Waals surface area contributed by atoms with Crippen LogP contribution in [0.4, 0.5) is 0 Å². The van der Waals surface area contributed by atoms with Crippen LogP contribution in [0.25, 0.3) is 0 Å². The Morgan fingerprint density at radius 1 is 1.16 bits per heavy atom. The highest BCUT2D eigenvalue weighted by atomic mass is 32.2. The Hall–Kier alpha value is -0.580. The molecule has 0 radical (unpaired) electrons. The van der Waals surface area contributed by atoms with E-state index in [0.29, 0.717) is 12.8 Å². The van der Waals surface area contributed by atoms with Crippen LogP contribution in [0.5, 0.6) is 0 Å². The molecule has 0 aromatic heterocycles. The SMILES string of the molecule is CCCCCCCCC(=O)NC1(C)CCS(=O)(=O)C1. The molecule has 5 heteroatoms. The summed E-state index contributed by atoms with van der Waals surface area (Å²) < 4.78 is 22.9. The van der Waals surface area contributed by atoms with E-state index in [9.17, 15) is 13.2 Å². The maximum Gasteiger partial charge on any atom is 0.220 e. The Kier molecular flexibility index (Phi) is 6.30. The lowest BCUT2D eigenvalue weighted by molar-refractivity contribution is -0.122. The van der Waals surface area contributed by atoms with Gasteiger partial charge in [-0.05, 0) is 19.8 Å². The lowest BCUT2D eigenvalue weighted by Gasteiger charge is -2.23. The molecule has 0 spiro atoms. The quantitative estimate of drug-likeness (QED) is 0.698. The number of sulfone groups is 1. The van der Waals surface area contributed by atoms with Crippen molar-refractivity contribution in [3.63, 3.8) is 0 Å². The first-order chi connectivity index (χ1) is 8.87. The topological polar surface area (TPSA) is 63.2 Å². The number of amides is 1. The number of carbonyl (C=O) groups is 1. The van der Waals surface area contributed by atoms with E-state index >= 15 is 0 Å². The summed E-state index contributed by atoms with van der Waals surface area (Å²) in [5.74, 6) is 0.276. The second kappa shape index (κ2) is 7.27. The molecule has 1 atom stereocenters. The van der Waals surface area contributed by atoms with Crippen molar-refractivity contribution in [2.24, 2.45) is 0 Å². The summed E-state index contributed by atoms with van der Waals surface area (Å²) in [4.78, 5) is 11.8. The van der Waals surface area contributed by atoms with Crippen LogP contribution in [0.1, 0.15) is 65.2 Å². The van der Waals surface area contributed by atoms with Crippen LogP contribution in [0, 0.1) is 0 Å². The minimum absolute atomic E-state index is 0.00454. The summed E-state index contributed by atoms with van der Waals surface area (Å²) in [6.07, 6.45) is 7.97. The molecule has 1 aliphatic heterocycles. The first-order valence-corrected chi connectivity index (χ1v) is 9.20. The molecule has 1 unspecified atom stereocenters. The van der Waals surface area contributed by atoms with E-state index in [1.807, 2.05) is 6.92 Å². The van der Waals surface area contributed by atoms with Gasteiger partial charge in [0.1, 0.15) is 0 Å². The lowest BCUT2D eigenvalue weighted by atomic mass is 10.0. The Bertz CT molecular complexity index is 391. The van der Waals surface area contributed by atoms with E-state index in [1.54, 1.807) is 0 Å². The van der Waals surface area contributed by atoms with Crippen molar-refractivity contribution in [3.05, 3.63) is 0 Å². The van der Waals surface area contributed by atoms with E-state index in [2.05, 4.69) is 12.2 Å². The van der Waals surface area contributed by atoms with Gasteiger partial charge in [0.15, 0.2) is 9.84 Å². The molecule has 112 valence electrons. The van der Waals surface area contributed by atoms with Crippen molar-refractivity contribution in [3.8, 4) is 0 Å². The molecule has 0 aromatic carbocycles. The van der Waals surface area contributed by atoms with E-state index in [4.69, 9.17) is 0 Å². The molecule has 19 heavy (non-hydrogen) atoms. The number of carbonyl (C=O) groups excluding carboxylic acids is 1. The Morgan fingerprint density at radius 3 is 2.37 bits per heavy atom. The normalized spacial score (nSPS) is 25.4. The molecule has 1 heterocycles. The summed E-state index contributed by atoms with van der Waals surface area (Å²) >= 11 is 0. The Labute approximate surface area is 117 Å². The maximum absolute atomic E-state index is 11.8. The van der Waals surface area contributed by atoms with Gasteiger partial charge in [-0.1, -0.05) is 39.0 Å². The fourth-order valence-electron chi connectivity index (χ4n) is 2.57. The van der Waals surface area contributed by atoms with Crippen LogP contribution in [0.2, 0.25) is 0 Å². The van der Waals surface area contributed by atoms with E-state index < -0.39 is 15.4 Å². The van der Waals surface area contributed by atoms with Gasteiger partial charge in [0, 0.05) is 6.42 Å². The maximum atomic E-state index is 11.8. The Morgan fingerprint density at radius 2 is 1.79 bits per heavy atom. The van der Waals surface area contributed by atoms with Gasteiger partial charge in [-0.3, -0.25) is 4.79 Å². The zero-order valence-corrected chi connectivity index (χ0v) is 13.0. The first-order valence-electron chi connectivity index (χ1n) is 7.38. The van der Waals surface area contributed by atoms with Crippen LogP contribution < -0.4 is 5.32 Å². The van der Waals surface area contributed by atoms with Gasteiger partial charge in [-0.2, -0.15) is 0 Å². The molecule has 1 rings (SSSR count). The average molecular weight is 289 g/mol. The van der Waals surface area contributed by atoms with Crippen LogP contribution in [0.3, 0.4) is 0 Å². The van der Waals surface area contributed by atoms with Crippen molar-refractivity contribution < 1.29 is 13.2 Å². The van der Waals surface area contributed by atoms with Gasteiger partial charge < -0.3 is 5.32 Å². The standard InChI is InChI=1S/C14H27NO3S/c1-3-4-5-6-7-8-9-13(16)15-14(2)10-11-19(17,18)12-14/h3-12H2,1-2H3,(H,15,16). The summed E-state index contributed by atoms with van der Waals surface area (Å²) in [5, 5.41) is 2.89. The number of nitrogens with one attached hydrogen (secondary N) is 1. The molecule has 1 fully saturated rings. The molecule has 0 saturated carbocycles. The lowest BCUT2D eigenvalue weighted by Crippen LogP contribution is -2.46. The molecular formula is C14H27NO3S. The van der Waals surface area contributed by atoms with Crippen LogP contribution in [-0.2, 0) is 14.6 Å². The highest BCUT2D eigenvalue weighted by molar-refractivity contribution is 7.91. The zero-order valence-electron chi connectivity index (χ0n) is 12.2. The molecular weight excluding hydrogens is 262 g/mol. The minimum Gasteiger partial charge on any atom is -0.350 e. The summed E-state index contributed by atoms with van der Waals surface area (Å²) in [6.45, 7) is 4.01. The minimum atomic E-state index is -2.95. The third kappa shape index (κ3) is 6.41. The molecule has 1 amide bonds. The molecule has 0 aliphatic carbocycles. The van der Waals surface area contributed by atoms with Crippen molar-refractivity contribution in [2.45, 2.75) is 70.8 Å². The highest BCUT2D eigenvalue weighted by Gasteiger charge is 2.39. The van der Waals surface area contributed by atoms with Crippen LogP contribution in [0.15, 0.2) is 0 Å². The third-order valence-electron chi connectivity index (χ3n) is 3.70. The second-order valence-corrected chi connectivity index (χ2v) is 8.15. The largest absolute Gasteiger partial charge is 0.350 e. The summed E-state index contributed by atoms with van der Waals surface area (Å²) in [7, 11) is -2.95. The fourth-order valence-corrected chi connectivity index (χ4v) is 4.67. The Balaban J connectivity index is 2.18. The predicted octanol–water partition coefficient (Wildman–Crippen LogP) is 2.43. The molecule has 0 bridgehead atoms. The number of rotatable bonds is 8. The highest BCUT2D eigenvalue weighted by Crippen LogP contribution is 2.23. The smallest absolute Gasteiger partial charge is 0.220 e. The molecule has 1 aliphatic rings. The second-order valence-electron chi connectivity index (χ2n) is 5.97. The molecule has 4 nitrogen and oxygen atoms in total. The monoisotopic (exact) mass is 289 g/mol. The summed E-state index contributed by atoms with van der Waals surface area (Å²) in [6, 6.07) is 0. The van der Waals surface area contributed by atoms with Crippen molar-refractivity contribution in [1.82, 2.24) is 5.32 Å². The van der Waals surface area contributed by atoms with E-state index in [1.165, 1.54) is 25.7 Å². The van der Waals surface area contributed by atoms with Gasteiger partial charge in [-0.25, -0.2) is 8.42 Å². The zero-order chi connectivity index (χ0) is 14.4. The fraction of sp³-hybridized carbons (Fsp3) is 0.929. The van der Waals surface area contributed by atoms with Crippen LogP contribution in [-0.4, -0.2) is 31.4 Å². The van der Waals surface area contributed by atoms with Crippen molar-refractivity contribution in [1.29, 1.82) is 0 Å². The van der Waals surface area contributed by atoms with Gasteiger partial charge in [0.2, 0.25) is 5.91 Å². The van der Waals surface area contributed by atoms with Crippen LogP contribution >= 0.6 is 0 Å². The first kappa shape index (κ1) is 16.5. The van der Waals surface area contributed by atoms with E-state index in [-0.39, 0.29) is 17.4 Å². The van der Waals surface area contributed by atoms with Gasteiger partial charge in [0.25, 0.3) is 0 Å². The van der Waals surface area contributed by atoms with Crippen molar-refractivity contribution in [2.75, 3.05) is 11.5 Å². The number of hydrogen-bond donors (Lipinski definition) is 1. The van der Waals surface area contributed by atoms with Crippen molar-refractivity contribution >= 4 is 15.7 Å². The summed E-state index contributed by atoms with van der Waals surface area (Å²) in [5.41, 5.74) is -0.544. The predicted molar refractivity (Wildman–Crippen MR) is 77.8 cm³/mol. The third-order valence-corrected chi connectivity index (χ3v) is 5.61. The van der Waals surface area contributed by atoms with Gasteiger partial charge in [-0.15, -0.1) is 0 Å². The van der Waals surface area contributed by atoms with Gasteiger partial charge in [0.05, 0.1) is 17.0 Å². The van der Waals surface area contributed by atoms with Gasteiger partial charge >= 0.3 is 0 Å². The number of unbranched alkanes of at least 4 members (excludes halogenated alkanes) is 5. The average Bonchev–Trinajstić information content (AvgIpc) is 2.57. The molecule has 0 aromatic rings. The molecule has 1 saturated heterocycles. The molecule has 1 N–H and O–H groups in total.